The Kier molecular flexibility index (Phi) is 3.06. The van der Waals surface area contributed by atoms with Crippen molar-refractivity contribution in [2.45, 2.75) is 19.5 Å². The minimum atomic E-state index is -4.51. The van der Waals surface area contributed by atoms with Crippen molar-refractivity contribution >= 4 is 10.9 Å². The molecule has 0 aliphatic rings. The molecule has 0 saturated heterocycles. The molecule has 0 radical (unpaired) electrons. The summed E-state index contributed by atoms with van der Waals surface area (Å²) in [5, 5.41) is -0.106. The summed E-state index contributed by atoms with van der Waals surface area (Å²) in [5.41, 5.74) is 5.40. The summed E-state index contributed by atoms with van der Waals surface area (Å²) < 4.78 is 52.3. The number of hydrogen-bond donors (Lipinski definition) is 2. The van der Waals surface area contributed by atoms with E-state index < -0.39 is 17.6 Å². The van der Waals surface area contributed by atoms with E-state index in [1.807, 2.05) is 0 Å². The van der Waals surface area contributed by atoms with E-state index in [0.717, 1.165) is 12.1 Å². The molecule has 2 rings (SSSR count). The van der Waals surface area contributed by atoms with E-state index in [4.69, 9.17) is 5.73 Å². The largest absolute Gasteiger partial charge is 0.417 e. The Morgan fingerprint density at radius 3 is 2.50 bits per heavy atom. The Morgan fingerprint density at radius 2 is 1.94 bits per heavy atom. The van der Waals surface area contributed by atoms with E-state index in [0.29, 0.717) is 11.3 Å². The molecule has 0 spiro atoms. The van der Waals surface area contributed by atoms with Crippen LogP contribution in [0, 0.1) is 12.7 Å². The van der Waals surface area contributed by atoms with Crippen molar-refractivity contribution in [1.82, 2.24) is 4.98 Å². The molecule has 1 aromatic heterocycles. The third-order valence-electron chi connectivity index (χ3n) is 2.92. The van der Waals surface area contributed by atoms with Gasteiger partial charge in [0.1, 0.15) is 5.82 Å². The zero-order valence-electron chi connectivity index (χ0n) is 9.66. The summed E-state index contributed by atoms with van der Waals surface area (Å²) in [7, 11) is 0. The van der Waals surface area contributed by atoms with E-state index in [2.05, 4.69) is 4.98 Å². The Bertz CT molecular complexity index is 584. The lowest BCUT2D eigenvalue weighted by Crippen LogP contribution is -2.08. The van der Waals surface area contributed by atoms with E-state index in [9.17, 15) is 17.6 Å². The lowest BCUT2D eigenvalue weighted by atomic mass is 10.0. The van der Waals surface area contributed by atoms with Crippen LogP contribution in [0.15, 0.2) is 12.1 Å². The predicted molar refractivity (Wildman–Crippen MR) is 60.8 cm³/mol. The van der Waals surface area contributed by atoms with Crippen LogP contribution in [-0.4, -0.2) is 11.5 Å². The molecule has 0 atom stereocenters. The van der Waals surface area contributed by atoms with Crippen molar-refractivity contribution in [3.8, 4) is 0 Å². The second-order valence-electron chi connectivity index (χ2n) is 4.11. The molecular formula is C12H12F4N2. The van der Waals surface area contributed by atoms with E-state index in [1.54, 1.807) is 6.92 Å². The van der Waals surface area contributed by atoms with Gasteiger partial charge < -0.3 is 10.7 Å². The fourth-order valence-corrected chi connectivity index (χ4v) is 2.16. The van der Waals surface area contributed by atoms with Crippen LogP contribution in [0.4, 0.5) is 17.6 Å². The maximum Gasteiger partial charge on any atom is 0.417 e. The van der Waals surface area contributed by atoms with Gasteiger partial charge in [0.15, 0.2) is 0 Å². The smallest absolute Gasteiger partial charge is 0.356 e. The minimum absolute atomic E-state index is 0.106. The first kappa shape index (κ1) is 12.9. The molecule has 6 heteroatoms. The highest BCUT2D eigenvalue weighted by molar-refractivity contribution is 5.89. The van der Waals surface area contributed by atoms with Crippen LogP contribution in [0.2, 0.25) is 0 Å². The molecular weight excluding hydrogens is 248 g/mol. The van der Waals surface area contributed by atoms with Crippen LogP contribution < -0.4 is 5.73 Å². The average molecular weight is 260 g/mol. The standard InChI is InChI=1S/C12H12F4N2/c1-6-7(4-5-17)10-8(12(14,15)16)2-3-9(13)11(10)18-6/h2-3,18H,4-5,17H2,1H3. The maximum absolute atomic E-state index is 13.6. The van der Waals surface area contributed by atoms with Gasteiger partial charge >= 0.3 is 6.18 Å². The van der Waals surface area contributed by atoms with Gasteiger partial charge in [0.25, 0.3) is 0 Å². The number of nitrogens with two attached hydrogens (primary N) is 1. The minimum Gasteiger partial charge on any atom is -0.356 e. The number of H-pyrrole nitrogens is 1. The number of halogens is 4. The Morgan fingerprint density at radius 1 is 1.28 bits per heavy atom. The lowest BCUT2D eigenvalue weighted by Gasteiger charge is -2.10. The van der Waals surface area contributed by atoms with Gasteiger partial charge in [-0.2, -0.15) is 13.2 Å². The molecule has 0 aliphatic carbocycles. The summed E-state index contributed by atoms with van der Waals surface area (Å²) in [6, 6.07) is 1.60. The van der Waals surface area contributed by atoms with Crippen molar-refractivity contribution in [3.05, 3.63) is 34.8 Å². The Labute approximate surface area is 101 Å². The number of nitrogens with one attached hydrogen (secondary N) is 1. The van der Waals surface area contributed by atoms with Crippen molar-refractivity contribution < 1.29 is 17.6 Å². The van der Waals surface area contributed by atoms with Crippen molar-refractivity contribution in [2.75, 3.05) is 6.54 Å². The first-order chi connectivity index (χ1) is 8.36. The molecule has 2 nitrogen and oxygen atoms in total. The first-order valence-corrected chi connectivity index (χ1v) is 5.43. The van der Waals surface area contributed by atoms with E-state index in [-0.39, 0.29) is 23.9 Å². The summed E-state index contributed by atoms with van der Waals surface area (Å²) in [6.45, 7) is 1.83. The highest BCUT2D eigenvalue weighted by atomic mass is 19.4. The molecule has 0 amide bonds. The zero-order valence-corrected chi connectivity index (χ0v) is 9.66. The van der Waals surface area contributed by atoms with Gasteiger partial charge in [-0.15, -0.1) is 0 Å². The molecule has 98 valence electrons. The summed E-state index contributed by atoms with van der Waals surface area (Å²) in [4.78, 5) is 2.66. The summed E-state index contributed by atoms with van der Waals surface area (Å²) in [6.07, 6.45) is -4.23. The summed E-state index contributed by atoms with van der Waals surface area (Å²) in [5.74, 6) is -0.690. The van der Waals surface area contributed by atoms with Gasteiger partial charge in [0.05, 0.1) is 11.1 Å². The zero-order chi connectivity index (χ0) is 13.5. The predicted octanol–water partition coefficient (Wildman–Crippen LogP) is 3.14. The molecule has 0 aliphatic heterocycles. The van der Waals surface area contributed by atoms with Gasteiger partial charge in [-0.25, -0.2) is 4.39 Å². The van der Waals surface area contributed by atoms with Gasteiger partial charge in [0, 0.05) is 11.1 Å². The first-order valence-electron chi connectivity index (χ1n) is 5.43. The highest BCUT2D eigenvalue weighted by Gasteiger charge is 2.34. The molecule has 0 fully saturated rings. The van der Waals surface area contributed by atoms with E-state index >= 15 is 0 Å². The van der Waals surface area contributed by atoms with Crippen LogP contribution in [0.1, 0.15) is 16.8 Å². The number of rotatable bonds is 2. The van der Waals surface area contributed by atoms with Crippen LogP contribution in [0.5, 0.6) is 0 Å². The van der Waals surface area contributed by atoms with Crippen LogP contribution in [-0.2, 0) is 12.6 Å². The SMILES string of the molecule is Cc1[nH]c2c(F)ccc(C(F)(F)F)c2c1CCN. The van der Waals surface area contributed by atoms with Gasteiger partial charge in [-0.05, 0) is 37.6 Å². The number of benzene rings is 1. The molecule has 0 saturated carbocycles. The number of alkyl halides is 3. The Hall–Kier alpha value is -1.56. The quantitative estimate of drug-likeness (QED) is 0.800. The second-order valence-corrected chi connectivity index (χ2v) is 4.11. The number of aromatic nitrogens is 1. The average Bonchev–Trinajstić information content (AvgIpc) is 2.57. The fraction of sp³-hybridized carbons (Fsp3) is 0.333. The Balaban J connectivity index is 2.84. The highest BCUT2D eigenvalue weighted by Crippen LogP contribution is 2.38. The normalized spacial score (nSPS) is 12.3. The van der Waals surface area contributed by atoms with Crippen molar-refractivity contribution in [3.63, 3.8) is 0 Å². The molecule has 3 N–H and O–H groups in total. The molecule has 0 unspecified atom stereocenters. The monoisotopic (exact) mass is 260 g/mol. The number of hydrogen-bond acceptors (Lipinski definition) is 1. The van der Waals surface area contributed by atoms with Crippen LogP contribution >= 0.6 is 0 Å². The maximum atomic E-state index is 13.6. The third-order valence-corrected chi connectivity index (χ3v) is 2.92. The van der Waals surface area contributed by atoms with E-state index in [1.165, 1.54) is 0 Å². The van der Waals surface area contributed by atoms with Gasteiger partial charge in [-0.1, -0.05) is 0 Å². The van der Waals surface area contributed by atoms with Gasteiger partial charge in [0.2, 0.25) is 0 Å². The van der Waals surface area contributed by atoms with Crippen LogP contribution in [0.25, 0.3) is 10.9 Å². The molecule has 1 heterocycles. The number of aryl methyl sites for hydroxylation is 1. The second kappa shape index (κ2) is 4.28. The lowest BCUT2D eigenvalue weighted by molar-refractivity contribution is -0.136. The molecule has 2 aromatic rings. The third kappa shape index (κ3) is 1.96. The van der Waals surface area contributed by atoms with Crippen LogP contribution in [0.3, 0.4) is 0 Å². The fourth-order valence-electron chi connectivity index (χ4n) is 2.16. The topological polar surface area (TPSA) is 41.8 Å². The van der Waals surface area contributed by atoms with Crippen molar-refractivity contribution in [1.29, 1.82) is 0 Å². The molecule has 0 bridgehead atoms. The summed E-state index contributed by atoms with van der Waals surface area (Å²) >= 11 is 0. The molecule has 1 aromatic carbocycles. The molecule has 18 heavy (non-hydrogen) atoms. The number of fused-ring (bicyclic) bond motifs is 1. The van der Waals surface area contributed by atoms with Crippen molar-refractivity contribution in [2.24, 2.45) is 5.73 Å². The van der Waals surface area contributed by atoms with Gasteiger partial charge in [-0.3, -0.25) is 0 Å². The number of aromatic amines is 1.